The number of amides is 1. The van der Waals surface area contributed by atoms with Crippen LogP contribution in [0, 0.1) is 5.92 Å². The Morgan fingerprint density at radius 3 is 3.26 bits per heavy atom. The van der Waals surface area contributed by atoms with Crippen molar-refractivity contribution in [2.45, 2.75) is 12.8 Å². The Labute approximate surface area is 111 Å². The molecule has 1 aliphatic rings. The summed E-state index contributed by atoms with van der Waals surface area (Å²) in [6.07, 6.45) is 3.93. The zero-order chi connectivity index (χ0) is 13.2. The lowest BCUT2D eigenvalue weighted by Gasteiger charge is -2.32. The van der Waals surface area contributed by atoms with Crippen molar-refractivity contribution in [1.29, 1.82) is 0 Å². The lowest BCUT2D eigenvalue weighted by atomic mass is 9.97. The van der Waals surface area contributed by atoms with Crippen LogP contribution in [0.3, 0.4) is 0 Å². The molecule has 100 valence electrons. The fourth-order valence-corrected chi connectivity index (χ4v) is 2.69. The van der Waals surface area contributed by atoms with Gasteiger partial charge in [0.2, 0.25) is 0 Å². The monoisotopic (exact) mass is 258 g/mol. The molecule has 0 bridgehead atoms. The number of benzene rings is 1. The van der Waals surface area contributed by atoms with E-state index in [-0.39, 0.29) is 5.91 Å². The molecule has 0 spiro atoms. The maximum Gasteiger partial charge on any atom is 0.253 e. The smallest absolute Gasteiger partial charge is 0.253 e. The lowest BCUT2D eigenvalue weighted by molar-refractivity contribution is 0.0678. The van der Waals surface area contributed by atoms with Crippen molar-refractivity contribution < 1.29 is 4.79 Å². The molecule has 0 aliphatic carbocycles. The van der Waals surface area contributed by atoms with Crippen LogP contribution in [0.25, 0.3) is 10.9 Å². The summed E-state index contributed by atoms with van der Waals surface area (Å²) in [4.78, 5) is 14.4. The van der Waals surface area contributed by atoms with Crippen molar-refractivity contribution >= 4 is 16.8 Å². The Balaban J connectivity index is 1.82. The Morgan fingerprint density at radius 2 is 2.42 bits per heavy atom. The van der Waals surface area contributed by atoms with Crippen LogP contribution in [0.5, 0.6) is 0 Å². The van der Waals surface area contributed by atoms with Gasteiger partial charge in [-0.25, -0.2) is 0 Å². The zero-order valence-electron chi connectivity index (χ0n) is 10.8. The molecule has 5 heteroatoms. The van der Waals surface area contributed by atoms with E-state index in [1.165, 1.54) is 0 Å². The Bertz CT molecular complexity index is 592. The summed E-state index contributed by atoms with van der Waals surface area (Å²) >= 11 is 0. The predicted octanol–water partition coefficient (Wildman–Crippen LogP) is 1.37. The topological polar surface area (TPSA) is 75.0 Å². The number of piperidine rings is 1. The van der Waals surface area contributed by atoms with Crippen molar-refractivity contribution in [2.24, 2.45) is 11.7 Å². The predicted molar refractivity (Wildman–Crippen MR) is 73.8 cm³/mol. The minimum atomic E-state index is 0.0923. The molecule has 0 radical (unpaired) electrons. The number of nitrogens with one attached hydrogen (secondary N) is 1. The van der Waals surface area contributed by atoms with E-state index in [1.54, 1.807) is 6.20 Å². The fourth-order valence-electron chi connectivity index (χ4n) is 2.69. The van der Waals surface area contributed by atoms with Gasteiger partial charge in [-0.2, -0.15) is 5.10 Å². The third-order valence-electron chi connectivity index (χ3n) is 3.83. The third-order valence-corrected chi connectivity index (χ3v) is 3.83. The molecule has 1 aromatic heterocycles. The normalized spacial score (nSPS) is 19.8. The second-order valence-electron chi connectivity index (χ2n) is 5.17. The average Bonchev–Trinajstić information content (AvgIpc) is 2.94. The standard InChI is InChI=1S/C14H18N4O/c15-7-10-2-1-5-18(9-10)14(19)11-3-4-12-8-16-17-13(12)6-11/h3-4,6,8,10H,1-2,5,7,9,15H2,(H,16,17). The quantitative estimate of drug-likeness (QED) is 0.854. The van der Waals surface area contributed by atoms with Crippen molar-refractivity contribution in [3.63, 3.8) is 0 Å². The van der Waals surface area contributed by atoms with Gasteiger partial charge in [-0.15, -0.1) is 0 Å². The average molecular weight is 258 g/mol. The molecule has 1 fully saturated rings. The van der Waals surface area contributed by atoms with E-state index in [1.807, 2.05) is 23.1 Å². The first kappa shape index (κ1) is 12.2. The number of hydrogen-bond donors (Lipinski definition) is 2. The van der Waals surface area contributed by atoms with Crippen LogP contribution >= 0.6 is 0 Å². The number of nitrogens with two attached hydrogens (primary N) is 1. The van der Waals surface area contributed by atoms with E-state index < -0.39 is 0 Å². The second kappa shape index (κ2) is 5.01. The molecule has 1 aromatic carbocycles. The number of aromatic amines is 1. The summed E-state index contributed by atoms with van der Waals surface area (Å²) in [5, 5.41) is 7.89. The highest BCUT2D eigenvalue weighted by Crippen LogP contribution is 2.19. The molecule has 2 heterocycles. The Kier molecular flexibility index (Phi) is 3.21. The summed E-state index contributed by atoms with van der Waals surface area (Å²) in [5.74, 6) is 0.531. The first-order valence-corrected chi connectivity index (χ1v) is 6.70. The number of likely N-dealkylation sites (tertiary alicyclic amines) is 1. The molecular weight excluding hydrogens is 240 g/mol. The van der Waals surface area contributed by atoms with E-state index in [9.17, 15) is 4.79 Å². The number of rotatable bonds is 2. The van der Waals surface area contributed by atoms with Gasteiger partial charge in [0.25, 0.3) is 5.91 Å². The van der Waals surface area contributed by atoms with Crippen molar-refractivity contribution in [1.82, 2.24) is 15.1 Å². The molecule has 3 rings (SSSR count). The number of aromatic nitrogens is 2. The Morgan fingerprint density at radius 1 is 1.53 bits per heavy atom. The van der Waals surface area contributed by atoms with Crippen LogP contribution in [-0.2, 0) is 0 Å². The summed E-state index contributed by atoms with van der Waals surface area (Å²) in [6.45, 7) is 2.26. The Hall–Kier alpha value is -1.88. The lowest BCUT2D eigenvalue weighted by Crippen LogP contribution is -2.42. The summed E-state index contributed by atoms with van der Waals surface area (Å²) in [7, 11) is 0. The van der Waals surface area contributed by atoms with Gasteiger partial charge >= 0.3 is 0 Å². The molecule has 19 heavy (non-hydrogen) atoms. The van der Waals surface area contributed by atoms with E-state index in [0.29, 0.717) is 12.5 Å². The van der Waals surface area contributed by atoms with Crippen molar-refractivity contribution in [3.8, 4) is 0 Å². The molecule has 1 unspecified atom stereocenters. The number of nitrogens with zero attached hydrogens (tertiary/aromatic N) is 2. The van der Waals surface area contributed by atoms with Gasteiger partial charge in [-0.3, -0.25) is 9.89 Å². The van der Waals surface area contributed by atoms with Crippen LogP contribution in [0.15, 0.2) is 24.4 Å². The van der Waals surface area contributed by atoms with Gasteiger partial charge in [0.05, 0.1) is 11.7 Å². The highest BCUT2D eigenvalue weighted by atomic mass is 16.2. The van der Waals surface area contributed by atoms with Gasteiger partial charge in [-0.05, 0) is 37.4 Å². The molecule has 1 amide bonds. The van der Waals surface area contributed by atoms with E-state index in [0.717, 1.165) is 42.4 Å². The van der Waals surface area contributed by atoms with Gasteiger partial charge < -0.3 is 10.6 Å². The fraction of sp³-hybridized carbons (Fsp3) is 0.429. The largest absolute Gasteiger partial charge is 0.338 e. The van der Waals surface area contributed by atoms with Gasteiger partial charge in [0.15, 0.2) is 0 Å². The zero-order valence-corrected chi connectivity index (χ0v) is 10.8. The van der Waals surface area contributed by atoms with E-state index in [2.05, 4.69) is 10.2 Å². The molecule has 2 aromatic rings. The number of carbonyl (C=O) groups excluding carboxylic acids is 1. The summed E-state index contributed by atoms with van der Waals surface area (Å²) < 4.78 is 0. The highest BCUT2D eigenvalue weighted by molar-refractivity contribution is 5.97. The third kappa shape index (κ3) is 2.33. The van der Waals surface area contributed by atoms with Crippen LogP contribution in [-0.4, -0.2) is 40.6 Å². The van der Waals surface area contributed by atoms with Gasteiger partial charge in [0.1, 0.15) is 0 Å². The SMILES string of the molecule is NCC1CCCN(C(=O)c2ccc3cn[nH]c3c2)C1. The summed E-state index contributed by atoms with van der Waals surface area (Å²) in [5.41, 5.74) is 7.33. The number of fused-ring (bicyclic) bond motifs is 1. The van der Waals surface area contributed by atoms with E-state index in [4.69, 9.17) is 5.73 Å². The molecular formula is C14H18N4O. The second-order valence-corrected chi connectivity index (χ2v) is 5.17. The van der Waals surface area contributed by atoms with Crippen LogP contribution in [0.2, 0.25) is 0 Å². The molecule has 5 nitrogen and oxygen atoms in total. The van der Waals surface area contributed by atoms with Crippen molar-refractivity contribution in [2.75, 3.05) is 19.6 Å². The molecule has 1 atom stereocenters. The van der Waals surface area contributed by atoms with Gasteiger partial charge in [0, 0.05) is 24.0 Å². The van der Waals surface area contributed by atoms with Crippen molar-refractivity contribution in [3.05, 3.63) is 30.0 Å². The van der Waals surface area contributed by atoms with Gasteiger partial charge in [-0.1, -0.05) is 6.07 Å². The minimum Gasteiger partial charge on any atom is -0.338 e. The van der Waals surface area contributed by atoms with Crippen LogP contribution in [0.1, 0.15) is 23.2 Å². The maximum absolute atomic E-state index is 12.5. The molecule has 1 aliphatic heterocycles. The maximum atomic E-state index is 12.5. The molecule has 3 N–H and O–H groups in total. The number of carbonyl (C=O) groups is 1. The molecule has 1 saturated heterocycles. The highest BCUT2D eigenvalue weighted by Gasteiger charge is 2.23. The van der Waals surface area contributed by atoms with Crippen LogP contribution < -0.4 is 5.73 Å². The van der Waals surface area contributed by atoms with E-state index >= 15 is 0 Å². The minimum absolute atomic E-state index is 0.0923. The first-order chi connectivity index (χ1) is 9.28. The number of H-pyrrole nitrogens is 1. The van der Waals surface area contributed by atoms with Crippen LogP contribution in [0.4, 0.5) is 0 Å². The first-order valence-electron chi connectivity index (χ1n) is 6.70. The summed E-state index contributed by atoms with van der Waals surface area (Å²) in [6, 6.07) is 5.67. The molecule has 0 saturated carbocycles. The number of hydrogen-bond acceptors (Lipinski definition) is 3.